The van der Waals surface area contributed by atoms with Crippen molar-refractivity contribution in [2.75, 3.05) is 0 Å². The number of phenolic OH excluding ortho intramolecular Hbond substituents is 1. The first-order chi connectivity index (χ1) is 14.0. The molecule has 5 rings (SSSR count). The number of aromatic hydroxyl groups is 1. The highest BCUT2D eigenvalue weighted by Gasteiger charge is 2.57. The fourth-order valence-electron chi connectivity index (χ4n) is 6.93. The van der Waals surface area contributed by atoms with Crippen molar-refractivity contribution in [1.82, 2.24) is 0 Å². The molecule has 0 bridgehead atoms. The Labute approximate surface area is 173 Å². The molecule has 0 radical (unpaired) electrons. The normalized spacial score (nSPS) is 35.3. The highest BCUT2D eigenvalue weighted by atomic mass is 16.3. The van der Waals surface area contributed by atoms with Gasteiger partial charge in [0.2, 0.25) is 0 Å². The molecule has 2 aromatic carbocycles. The average molecular weight is 388 g/mol. The van der Waals surface area contributed by atoms with E-state index in [-0.39, 0.29) is 17.4 Å². The molecule has 29 heavy (non-hydrogen) atoms. The monoisotopic (exact) mass is 387 g/mol. The molecule has 3 aliphatic carbocycles. The smallest absolute Gasteiger partial charge is 0.115 e. The molecule has 0 aliphatic heterocycles. The minimum absolute atomic E-state index is 0.00680. The zero-order chi connectivity index (χ0) is 20.2. The fraction of sp³-hybridized carbons (Fsp3) is 0.500. The average Bonchev–Trinajstić information content (AvgIpc) is 2.99. The lowest BCUT2D eigenvalue weighted by Gasteiger charge is -2.50. The summed E-state index contributed by atoms with van der Waals surface area (Å²) in [6, 6.07) is 16.0. The van der Waals surface area contributed by atoms with E-state index in [9.17, 15) is 10.2 Å². The van der Waals surface area contributed by atoms with Crippen LogP contribution in [-0.4, -0.2) is 16.3 Å². The Hall–Kier alpha value is -2.31. The minimum Gasteiger partial charge on any atom is -0.508 e. The van der Waals surface area contributed by atoms with E-state index in [4.69, 9.17) is 5.26 Å². The Kier molecular flexibility index (Phi) is 4.44. The number of fused-ring (bicyclic) bond motifs is 5. The van der Waals surface area contributed by atoms with Gasteiger partial charge in [0.15, 0.2) is 0 Å². The molecule has 150 valence electrons. The van der Waals surface area contributed by atoms with E-state index >= 15 is 0 Å². The summed E-state index contributed by atoms with van der Waals surface area (Å²) < 4.78 is 0. The molecule has 0 spiro atoms. The molecular formula is C26H29NO2. The van der Waals surface area contributed by atoms with E-state index in [2.05, 4.69) is 19.1 Å². The van der Waals surface area contributed by atoms with Gasteiger partial charge in [0, 0.05) is 0 Å². The van der Waals surface area contributed by atoms with E-state index in [1.54, 1.807) is 0 Å². The van der Waals surface area contributed by atoms with Crippen molar-refractivity contribution in [1.29, 1.82) is 5.26 Å². The number of aliphatic hydroxyl groups is 1. The van der Waals surface area contributed by atoms with Crippen LogP contribution in [0.15, 0.2) is 42.5 Å². The Morgan fingerprint density at radius 3 is 2.69 bits per heavy atom. The largest absolute Gasteiger partial charge is 0.508 e. The number of aliphatic hydroxyl groups excluding tert-OH is 1. The zero-order valence-corrected chi connectivity index (χ0v) is 17.0. The predicted octanol–water partition coefficient (Wildman–Crippen LogP) is 4.95. The van der Waals surface area contributed by atoms with Crippen LogP contribution in [0, 0.1) is 34.5 Å². The molecular weight excluding hydrogens is 358 g/mol. The number of hydrogen-bond donors (Lipinski definition) is 2. The van der Waals surface area contributed by atoms with E-state index < -0.39 is 0 Å². The van der Waals surface area contributed by atoms with Gasteiger partial charge in [-0.15, -0.1) is 0 Å². The van der Waals surface area contributed by atoms with Crippen molar-refractivity contribution >= 4 is 0 Å². The van der Waals surface area contributed by atoms with Crippen LogP contribution in [0.2, 0.25) is 0 Å². The number of rotatable bonds is 2. The maximum absolute atomic E-state index is 11.3. The highest BCUT2D eigenvalue weighted by molar-refractivity contribution is 5.40. The van der Waals surface area contributed by atoms with Gasteiger partial charge in [-0.05, 0) is 109 Å². The standard InChI is InChI=1S/C26H29NO2/c1-26-11-10-22-21-9-7-20(28)13-18(21)6-8-23(22)24(26)14-19(25(26)29)12-16-2-4-17(15-27)5-3-16/h2-5,7,9,13,19,22-25,28-29H,6,8,10-12,14H2,1H3. The fourth-order valence-corrected chi connectivity index (χ4v) is 6.93. The summed E-state index contributed by atoms with van der Waals surface area (Å²) in [5, 5.41) is 30.2. The Morgan fingerprint density at radius 1 is 1.14 bits per heavy atom. The van der Waals surface area contributed by atoms with E-state index in [1.165, 1.54) is 16.7 Å². The molecule has 0 saturated heterocycles. The number of nitrogens with zero attached hydrogens (tertiary/aromatic N) is 1. The lowest BCUT2D eigenvalue weighted by atomic mass is 9.55. The van der Waals surface area contributed by atoms with Crippen molar-refractivity contribution in [3.8, 4) is 11.8 Å². The molecule has 0 aromatic heterocycles. The maximum atomic E-state index is 11.3. The van der Waals surface area contributed by atoms with Gasteiger partial charge in [-0.3, -0.25) is 0 Å². The molecule has 2 N–H and O–H groups in total. The van der Waals surface area contributed by atoms with E-state index in [0.29, 0.717) is 29.1 Å². The molecule has 0 amide bonds. The van der Waals surface area contributed by atoms with Gasteiger partial charge >= 0.3 is 0 Å². The van der Waals surface area contributed by atoms with Crippen molar-refractivity contribution in [3.63, 3.8) is 0 Å². The number of nitriles is 1. The summed E-state index contributed by atoms with van der Waals surface area (Å²) in [5.41, 5.74) is 4.67. The van der Waals surface area contributed by atoms with Gasteiger partial charge in [-0.1, -0.05) is 25.1 Å². The summed E-state index contributed by atoms with van der Waals surface area (Å²) in [6.07, 6.45) is 6.13. The van der Waals surface area contributed by atoms with Crippen molar-refractivity contribution in [2.45, 2.75) is 57.5 Å². The first kappa shape index (κ1) is 18.7. The molecule has 6 atom stereocenters. The zero-order valence-electron chi connectivity index (χ0n) is 17.0. The van der Waals surface area contributed by atoms with Gasteiger partial charge in [0.05, 0.1) is 17.7 Å². The summed E-state index contributed by atoms with van der Waals surface area (Å²) in [7, 11) is 0. The van der Waals surface area contributed by atoms with Crippen LogP contribution in [0.4, 0.5) is 0 Å². The van der Waals surface area contributed by atoms with Gasteiger partial charge in [0.1, 0.15) is 5.75 Å². The van der Waals surface area contributed by atoms with Gasteiger partial charge < -0.3 is 10.2 Å². The van der Waals surface area contributed by atoms with Crippen LogP contribution in [0.1, 0.15) is 60.8 Å². The Bertz CT molecular complexity index is 960. The topological polar surface area (TPSA) is 64.2 Å². The summed E-state index contributed by atoms with van der Waals surface area (Å²) in [5.74, 6) is 2.42. The predicted molar refractivity (Wildman–Crippen MR) is 112 cm³/mol. The molecule has 3 aliphatic rings. The minimum atomic E-state index is -0.259. The second-order valence-corrected chi connectivity index (χ2v) is 9.80. The van der Waals surface area contributed by atoms with Crippen LogP contribution >= 0.6 is 0 Å². The second-order valence-electron chi connectivity index (χ2n) is 9.80. The SMILES string of the molecule is CC12CCC3c4ccc(O)cc4CCC3C1CC(Cc1ccc(C#N)cc1)C2O. The van der Waals surface area contributed by atoms with Crippen LogP contribution in [-0.2, 0) is 12.8 Å². The van der Waals surface area contributed by atoms with Gasteiger partial charge in [-0.25, -0.2) is 0 Å². The lowest BCUT2D eigenvalue weighted by Crippen LogP contribution is -2.44. The lowest BCUT2D eigenvalue weighted by molar-refractivity contribution is -0.0325. The molecule has 2 aromatic rings. The van der Waals surface area contributed by atoms with Crippen molar-refractivity contribution in [3.05, 3.63) is 64.7 Å². The molecule has 3 heteroatoms. The highest BCUT2D eigenvalue weighted by Crippen LogP contribution is 2.62. The Balaban J connectivity index is 1.39. The first-order valence-electron chi connectivity index (χ1n) is 11.0. The van der Waals surface area contributed by atoms with Gasteiger partial charge in [0.25, 0.3) is 0 Å². The molecule has 3 nitrogen and oxygen atoms in total. The van der Waals surface area contributed by atoms with Crippen molar-refractivity contribution < 1.29 is 10.2 Å². The van der Waals surface area contributed by atoms with Crippen LogP contribution < -0.4 is 0 Å². The third-order valence-electron chi connectivity index (χ3n) is 8.41. The summed E-state index contributed by atoms with van der Waals surface area (Å²) >= 11 is 0. The third-order valence-corrected chi connectivity index (χ3v) is 8.41. The number of benzene rings is 2. The molecule has 2 fully saturated rings. The Morgan fingerprint density at radius 2 is 1.93 bits per heavy atom. The third kappa shape index (κ3) is 2.97. The molecule has 0 heterocycles. The van der Waals surface area contributed by atoms with Crippen LogP contribution in [0.25, 0.3) is 0 Å². The number of aryl methyl sites for hydroxylation is 1. The molecule has 2 saturated carbocycles. The summed E-state index contributed by atoms with van der Waals surface area (Å²) in [4.78, 5) is 0. The van der Waals surface area contributed by atoms with Gasteiger partial charge in [-0.2, -0.15) is 5.26 Å². The van der Waals surface area contributed by atoms with Crippen molar-refractivity contribution in [2.24, 2.45) is 23.2 Å². The first-order valence-corrected chi connectivity index (χ1v) is 11.0. The summed E-state index contributed by atoms with van der Waals surface area (Å²) in [6.45, 7) is 2.32. The number of hydrogen-bond acceptors (Lipinski definition) is 3. The van der Waals surface area contributed by atoms with E-state index in [1.807, 2.05) is 36.4 Å². The van der Waals surface area contributed by atoms with E-state index in [0.717, 1.165) is 38.5 Å². The van der Waals surface area contributed by atoms with Crippen LogP contribution in [0.3, 0.4) is 0 Å². The number of phenols is 1. The molecule has 6 unspecified atom stereocenters. The maximum Gasteiger partial charge on any atom is 0.115 e. The quantitative estimate of drug-likeness (QED) is 0.766. The second kappa shape index (κ2) is 6.89. The van der Waals surface area contributed by atoms with Crippen LogP contribution in [0.5, 0.6) is 5.75 Å².